The Bertz CT molecular complexity index is 1270. The van der Waals surface area contributed by atoms with Crippen molar-refractivity contribution in [3.05, 3.63) is 101 Å². The summed E-state index contributed by atoms with van der Waals surface area (Å²) in [6, 6.07) is 20.0. The van der Waals surface area contributed by atoms with Gasteiger partial charge in [0.15, 0.2) is 5.11 Å². The molecule has 10 heteroatoms. The van der Waals surface area contributed by atoms with E-state index in [9.17, 15) is 18.8 Å². The molecule has 0 aromatic heterocycles. The summed E-state index contributed by atoms with van der Waals surface area (Å²) in [6.07, 6.45) is -0.301. The molecule has 0 bridgehead atoms. The molecule has 4 rings (SSSR count). The zero-order valence-electron chi connectivity index (χ0n) is 18.3. The van der Waals surface area contributed by atoms with Crippen molar-refractivity contribution in [2.45, 2.75) is 19.0 Å². The molecular weight excluding hydrogens is 491 g/mol. The van der Waals surface area contributed by atoms with Crippen molar-refractivity contribution in [1.82, 2.24) is 15.3 Å². The summed E-state index contributed by atoms with van der Waals surface area (Å²) in [7, 11) is 0. The van der Waals surface area contributed by atoms with E-state index in [1.807, 2.05) is 30.3 Å². The number of rotatable bonds is 7. The van der Waals surface area contributed by atoms with Gasteiger partial charge in [0.05, 0.1) is 18.5 Å². The van der Waals surface area contributed by atoms with Crippen LogP contribution in [0.2, 0.25) is 5.02 Å². The van der Waals surface area contributed by atoms with E-state index in [0.717, 1.165) is 16.6 Å². The Hall–Kier alpha value is -3.82. The van der Waals surface area contributed by atoms with Crippen LogP contribution in [0.15, 0.2) is 78.9 Å². The van der Waals surface area contributed by atoms with Crippen LogP contribution in [0.25, 0.3) is 0 Å². The number of hydrogen-bond donors (Lipinski definition) is 2. The SMILES string of the molecule is O=C(CC1C(=O)N(Cc2ccccc2)C(=S)N1NC(=O)c1ccccc1F)Nc1ccc(Cl)cc1. The van der Waals surface area contributed by atoms with Crippen LogP contribution in [-0.4, -0.2) is 38.8 Å². The first-order chi connectivity index (χ1) is 16.8. The van der Waals surface area contributed by atoms with Crippen LogP contribution in [0.4, 0.5) is 10.1 Å². The Morgan fingerprint density at radius 2 is 1.63 bits per heavy atom. The van der Waals surface area contributed by atoms with Crippen LogP contribution < -0.4 is 10.7 Å². The van der Waals surface area contributed by atoms with Gasteiger partial charge in [-0.05, 0) is 54.2 Å². The van der Waals surface area contributed by atoms with Gasteiger partial charge in [-0.25, -0.2) is 9.40 Å². The normalized spacial score (nSPS) is 15.3. The van der Waals surface area contributed by atoms with Crippen molar-refractivity contribution in [3.63, 3.8) is 0 Å². The third kappa shape index (κ3) is 5.64. The van der Waals surface area contributed by atoms with Crippen molar-refractivity contribution in [3.8, 4) is 0 Å². The molecule has 1 heterocycles. The maximum Gasteiger partial charge on any atom is 0.272 e. The Morgan fingerprint density at radius 3 is 2.31 bits per heavy atom. The number of hydrogen-bond acceptors (Lipinski definition) is 4. The fraction of sp³-hybridized carbons (Fsp3) is 0.120. The van der Waals surface area contributed by atoms with E-state index >= 15 is 0 Å². The molecule has 178 valence electrons. The van der Waals surface area contributed by atoms with Gasteiger partial charge in [0.2, 0.25) is 5.91 Å². The number of carbonyl (C=O) groups excluding carboxylic acids is 3. The summed E-state index contributed by atoms with van der Waals surface area (Å²) < 4.78 is 14.2. The molecule has 3 aromatic rings. The first-order valence-electron chi connectivity index (χ1n) is 10.6. The predicted molar refractivity (Wildman–Crippen MR) is 134 cm³/mol. The summed E-state index contributed by atoms with van der Waals surface area (Å²) in [5.41, 5.74) is 3.61. The molecule has 0 aliphatic carbocycles. The van der Waals surface area contributed by atoms with Gasteiger partial charge in [-0.3, -0.25) is 24.7 Å². The minimum absolute atomic E-state index is 0.00725. The molecule has 1 aliphatic rings. The van der Waals surface area contributed by atoms with E-state index in [1.54, 1.807) is 24.3 Å². The number of hydrazine groups is 1. The van der Waals surface area contributed by atoms with Gasteiger partial charge in [0.25, 0.3) is 11.8 Å². The largest absolute Gasteiger partial charge is 0.326 e. The zero-order valence-corrected chi connectivity index (χ0v) is 19.9. The van der Waals surface area contributed by atoms with Crippen LogP contribution in [0.1, 0.15) is 22.3 Å². The molecule has 1 saturated heterocycles. The molecule has 1 atom stereocenters. The second kappa shape index (κ2) is 10.6. The lowest BCUT2D eigenvalue weighted by molar-refractivity contribution is -0.131. The number of anilines is 1. The monoisotopic (exact) mass is 510 g/mol. The molecule has 7 nitrogen and oxygen atoms in total. The van der Waals surface area contributed by atoms with Gasteiger partial charge in [-0.1, -0.05) is 54.1 Å². The lowest BCUT2D eigenvalue weighted by Gasteiger charge is -2.24. The van der Waals surface area contributed by atoms with Crippen LogP contribution >= 0.6 is 23.8 Å². The van der Waals surface area contributed by atoms with Crippen LogP contribution in [-0.2, 0) is 16.1 Å². The van der Waals surface area contributed by atoms with E-state index in [4.69, 9.17) is 23.8 Å². The predicted octanol–water partition coefficient (Wildman–Crippen LogP) is 4.15. The van der Waals surface area contributed by atoms with Crippen LogP contribution in [0.3, 0.4) is 0 Å². The van der Waals surface area contributed by atoms with E-state index in [2.05, 4.69) is 10.7 Å². The Labute approximate surface area is 211 Å². The minimum atomic E-state index is -1.12. The second-order valence-corrected chi connectivity index (χ2v) is 8.56. The lowest BCUT2D eigenvalue weighted by Crippen LogP contribution is -2.49. The highest BCUT2D eigenvalue weighted by atomic mass is 35.5. The maximum atomic E-state index is 14.2. The van der Waals surface area contributed by atoms with Gasteiger partial charge in [0.1, 0.15) is 11.9 Å². The number of benzene rings is 3. The Kier molecular flexibility index (Phi) is 7.38. The number of halogens is 2. The molecule has 3 aromatic carbocycles. The summed E-state index contributed by atoms with van der Waals surface area (Å²) in [4.78, 5) is 40.2. The van der Waals surface area contributed by atoms with Crippen LogP contribution in [0.5, 0.6) is 0 Å². The summed E-state index contributed by atoms with van der Waals surface area (Å²) >= 11 is 11.4. The maximum absolute atomic E-state index is 14.2. The number of carbonyl (C=O) groups is 3. The van der Waals surface area contributed by atoms with E-state index in [-0.39, 0.29) is 23.6 Å². The third-order valence-corrected chi connectivity index (χ3v) is 6.00. The highest BCUT2D eigenvalue weighted by Crippen LogP contribution is 2.23. The fourth-order valence-corrected chi connectivity index (χ4v) is 4.05. The zero-order chi connectivity index (χ0) is 24.9. The summed E-state index contributed by atoms with van der Waals surface area (Å²) in [5.74, 6) is -2.44. The average molecular weight is 511 g/mol. The topological polar surface area (TPSA) is 81.8 Å². The smallest absolute Gasteiger partial charge is 0.272 e. The highest BCUT2D eigenvalue weighted by Gasteiger charge is 2.44. The molecule has 0 saturated carbocycles. The van der Waals surface area contributed by atoms with E-state index < -0.39 is 29.6 Å². The Balaban J connectivity index is 1.56. The summed E-state index contributed by atoms with van der Waals surface area (Å²) in [5, 5.41) is 4.37. The molecule has 0 spiro atoms. The third-order valence-electron chi connectivity index (χ3n) is 5.33. The van der Waals surface area contributed by atoms with Gasteiger partial charge in [-0.15, -0.1) is 0 Å². The molecule has 1 fully saturated rings. The molecule has 2 N–H and O–H groups in total. The van der Waals surface area contributed by atoms with Gasteiger partial charge >= 0.3 is 0 Å². The standard InChI is InChI=1S/C25H20ClFN4O3S/c26-17-10-12-18(13-11-17)28-22(32)14-21-24(34)30(15-16-6-2-1-3-7-16)25(35)31(21)29-23(33)19-8-4-5-9-20(19)27/h1-13,21H,14-15H2,(H,28,32)(H,29,33). The van der Waals surface area contributed by atoms with Crippen molar-refractivity contribution >= 4 is 52.3 Å². The van der Waals surface area contributed by atoms with Gasteiger partial charge < -0.3 is 5.32 Å². The first kappa shape index (κ1) is 24.3. The van der Waals surface area contributed by atoms with E-state index in [1.165, 1.54) is 23.1 Å². The number of thiocarbonyl (C=S) groups is 1. The van der Waals surface area contributed by atoms with Crippen molar-refractivity contribution in [2.75, 3.05) is 5.32 Å². The van der Waals surface area contributed by atoms with Gasteiger partial charge in [0, 0.05) is 10.7 Å². The molecule has 0 radical (unpaired) electrons. The molecule has 35 heavy (non-hydrogen) atoms. The van der Waals surface area contributed by atoms with Gasteiger partial charge in [-0.2, -0.15) is 0 Å². The van der Waals surface area contributed by atoms with Crippen molar-refractivity contribution in [1.29, 1.82) is 0 Å². The molecule has 3 amide bonds. The van der Waals surface area contributed by atoms with Crippen molar-refractivity contribution < 1.29 is 18.8 Å². The second-order valence-electron chi connectivity index (χ2n) is 7.76. The van der Waals surface area contributed by atoms with Crippen molar-refractivity contribution in [2.24, 2.45) is 0 Å². The first-order valence-corrected chi connectivity index (χ1v) is 11.4. The highest BCUT2D eigenvalue weighted by molar-refractivity contribution is 7.80. The minimum Gasteiger partial charge on any atom is -0.326 e. The fourth-order valence-electron chi connectivity index (χ4n) is 3.60. The Morgan fingerprint density at radius 1 is 0.971 bits per heavy atom. The van der Waals surface area contributed by atoms with Crippen LogP contribution in [0, 0.1) is 5.82 Å². The number of nitrogens with one attached hydrogen (secondary N) is 2. The number of amides is 3. The average Bonchev–Trinajstić information content (AvgIpc) is 3.05. The molecule has 1 aliphatic heterocycles. The quantitative estimate of drug-likeness (QED) is 0.467. The van der Waals surface area contributed by atoms with E-state index in [0.29, 0.717) is 10.7 Å². The number of nitrogens with zero attached hydrogens (tertiary/aromatic N) is 2. The molecule has 1 unspecified atom stereocenters. The molecular formula is C25H20ClFN4O3S. The summed E-state index contributed by atoms with van der Waals surface area (Å²) in [6.45, 7) is 0.153. The lowest BCUT2D eigenvalue weighted by atomic mass is 10.1.